The first-order valence-corrected chi connectivity index (χ1v) is 6.96. The summed E-state index contributed by atoms with van der Waals surface area (Å²) in [7, 11) is 0. The zero-order valence-electron chi connectivity index (χ0n) is 11.1. The van der Waals surface area contributed by atoms with Crippen LogP contribution in [0.3, 0.4) is 0 Å². The Morgan fingerprint density at radius 1 is 1.36 bits per heavy atom. The molecular formula is C12H9N7O2S. The molecule has 0 saturated heterocycles. The van der Waals surface area contributed by atoms with Gasteiger partial charge in [-0.15, -0.1) is 10.2 Å². The van der Waals surface area contributed by atoms with Crippen molar-refractivity contribution in [1.82, 2.24) is 25.0 Å². The van der Waals surface area contributed by atoms with E-state index in [-0.39, 0.29) is 5.69 Å². The van der Waals surface area contributed by atoms with Crippen molar-refractivity contribution >= 4 is 28.4 Å². The Hall–Kier alpha value is -3.01. The van der Waals surface area contributed by atoms with Crippen molar-refractivity contribution in [3.05, 3.63) is 57.6 Å². The minimum absolute atomic E-state index is 0.00129. The van der Waals surface area contributed by atoms with Crippen molar-refractivity contribution in [2.24, 2.45) is 4.99 Å². The fourth-order valence-corrected chi connectivity index (χ4v) is 2.38. The fraction of sp³-hybridized carbons (Fsp3) is 0.0833. The molecule has 3 aromatic rings. The Bertz CT molecular complexity index is 813. The molecule has 0 aliphatic rings. The number of aromatic nitrogens is 5. The zero-order valence-corrected chi connectivity index (χ0v) is 11.9. The smallest absolute Gasteiger partial charge is 0.258 e. The largest absolute Gasteiger partial charge is 0.278 e. The van der Waals surface area contributed by atoms with Crippen molar-refractivity contribution < 1.29 is 4.92 Å². The third-order valence-corrected chi connectivity index (χ3v) is 3.48. The van der Waals surface area contributed by atoms with Gasteiger partial charge in [0.1, 0.15) is 17.7 Å². The Morgan fingerprint density at radius 2 is 2.23 bits per heavy atom. The summed E-state index contributed by atoms with van der Waals surface area (Å²) in [5.74, 6) is 0. The van der Waals surface area contributed by atoms with E-state index < -0.39 is 4.92 Å². The molecule has 0 aliphatic heterocycles. The standard InChI is InChI=1S/C12H9N7O2S/c20-19(21)10-4-2-1-3-9(10)5-14-12-17-16-11(22-12)6-18-8-13-7-15-18/h1-5,7-8H,6H2/b14-5+. The Balaban J connectivity index is 1.76. The lowest BCUT2D eigenvalue weighted by Gasteiger charge is -1.94. The highest BCUT2D eigenvalue weighted by atomic mass is 32.1. The topological polar surface area (TPSA) is 112 Å². The van der Waals surface area contributed by atoms with Crippen LogP contribution in [-0.4, -0.2) is 36.1 Å². The molecule has 0 fully saturated rings. The maximum Gasteiger partial charge on any atom is 0.278 e. The van der Waals surface area contributed by atoms with Crippen LogP contribution in [0.5, 0.6) is 0 Å². The highest BCUT2D eigenvalue weighted by molar-refractivity contribution is 7.14. The third-order valence-electron chi connectivity index (χ3n) is 2.67. The molecule has 9 nitrogen and oxygen atoms in total. The van der Waals surface area contributed by atoms with E-state index >= 15 is 0 Å². The minimum Gasteiger partial charge on any atom is -0.258 e. The van der Waals surface area contributed by atoms with Crippen molar-refractivity contribution in [1.29, 1.82) is 0 Å². The molecule has 0 unspecified atom stereocenters. The molecule has 0 saturated carbocycles. The fourth-order valence-electron chi connectivity index (χ4n) is 1.70. The number of nitrogens with zero attached hydrogens (tertiary/aromatic N) is 7. The zero-order chi connectivity index (χ0) is 15.4. The first kappa shape index (κ1) is 13.9. The van der Waals surface area contributed by atoms with Crippen LogP contribution < -0.4 is 0 Å². The molecule has 3 rings (SSSR count). The van der Waals surface area contributed by atoms with Crippen LogP contribution in [0, 0.1) is 10.1 Å². The van der Waals surface area contributed by atoms with E-state index in [4.69, 9.17) is 0 Å². The number of aliphatic imine (C=N–C) groups is 1. The summed E-state index contributed by atoms with van der Waals surface area (Å²) < 4.78 is 1.62. The van der Waals surface area contributed by atoms with E-state index in [1.807, 2.05) is 0 Å². The van der Waals surface area contributed by atoms with Crippen molar-refractivity contribution in [2.75, 3.05) is 0 Å². The Kier molecular flexibility index (Phi) is 3.92. The summed E-state index contributed by atoms with van der Waals surface area (Å²) in [4.78, 5) is 18.5. The van der Waals surface area contributed by atoms with Gasteiger partial charge in [0.15, 0.2) is 0 Å². The number of hydrogen-bond donors (Lipinski definition) is 0. The second kappa shape index (κ2) is 6.18. The van der Waals surface area contributed by atoms with Crippen LogP contribution in [0.1, 0.15) is 10.6 Å². The SMILES string of the molecule is O=[N+]([O-])c1ccccc1/C=N/c1nnc(Cn2cncn2)s1. The molecule has 22 heavy (non-hydrogen) atoms. The average Bonchev–Trinajstić information content (AvgIpc) is 3.18. The molecular weight excluding hydrogens is 306 g/mol. The molecule has 1 aromatic carbocycles. The molecule has 110 valence electrons. The van der Waals surface area contributed by atoms with Gasteiger partial charge in [-0.2, -0.15) is 5.10 Å². The molecule has 0 radical (unpaired) electrons. The predicted molar refractivity (Wildman–Crippen MR) is 79.4 cm³/mol. The molecule has 2 aromatic heterocycles. The van der Waals surface area contributed by atoms with Gasteiger partial charge < -0.3 is 0 Å². The summed E-state index contributed by atoms with van der Waals surface area (Å²) in [6, 6.07) is 6.37. The molecule has 0 N–H and O–H groups in total. The lowest BCUT2D eigenvalue weighted by molar-refractivity contribution is -0.385. The monoisotopic (exact) mass is 315 g/mol. The first-order valence-electron chi connectivity index (χ1n) is 6.14. The minimum atomic E-state index is -0.447. The van der Waals surface area contributed by atoms with E-state index in [1.54, 1.807) is 29.2 Å². The molecule has 0 amide bonds. The molecule has 10 heteroatoms. The third kappa shape index (κ3) is 3.17. The van der Waals surface area contributed by atoms with Gasteiger partial charge in [0.25, 0.3) is 5.69 Å². The van der Waals surface area contributed by atoms with E-state index in [0.29, 0.717) is 17.2 Å². The summed E-state index contributed by atoms with van der Waals surface area (Å²) in [5.41, 5.74) is 0.416. The van der Waals surface area contributed by atoms with Crippen molar-refractivity contribution in [2.45, 2.75) is 6.54 Å². The van der Waals surface area contributed by atoms with E-state index in [2.05, 4.69) is 25.3 Å². The van der Waals surface area contributed by atoms with Gasteiger partial charge in [-0.25, -0.2) is 14.7 Å². The van der Waals surface area contributed by atoms with E-state index in [9.17, 15) is 10.1 Å². The summed E-state index contributed by atoms with van der Waals surface area (Å²) >= 11 is 1.29. The van der Waals surface area contributed by atoms with Crippen LogP contribution in [-0.2, 0) is 6.54 Å². The lowest BCUT2D eigenvalue weighted by atomic mass is 10.2. The van der Waals surface area contributed by atoms with E-state index in [0.717, 1.165) is 5.01 Å². The van der Waals surface area contributed by atoms with Gasteiger partial charge in [-0.05, 0) is 6.07 Å². The summed E-state index contributed by atoms with van der Waals surface area (Å²) in [6.07, 6.45) is 4.43. The molecule has 0 aliphatic carbocycles. The van der Waals surface area contributed by atoms with Gasteiger partial charge in [0.05, 0.1) is 17.0 Å². The van der Waals surface area contributed by atoms with Gasteiger partial charge in [0, 0.05) is 12.3 Å². The highest BCUT2D eigenvalue weighted by Crippen LogP contribution is 2.21. The lowest BCUT2D eigenvalue weighted by Crippen LogP contribution is -1.99. The molecule has 2 heterocycles. The number of nitro groups is 1. The second-order valence-corrected chi connectivity index (χ2v) is 5.19. The number of rotatable bonds is 5. The van der Waals surface area contributed by atoms with Gasteiger partial charge in [-0.3, -0.25) is 10.1 Å². The highest BCUT2D eigenvalue weighted by Gasteiger charge is 2.10. The second-order valence-electron chi connectivity index (χ2n) is 4.15. The maximum atomic E-state index is 10.9. The first-order chi connectivity index (χ1) is 10.7. The van der Waals surface area contributed by atoms with Gasteiger partial charge in [-0.1, -0.05) is 23.5 Å². The number of nitro benzene ring substituents is 1. The number of hydrogen-bond acceptors (Lipinski definition) is 8. The number of benzene rings is 1. The maximum absolute atomic E-state index is 10.9. The molecule has 0 bridgehead atoms. The van der Waals surface area contributed by atoms with E-state index in [1.165, 1.54) is 29.9 Å². The van der Waals surface area contributed by atoms with Crippen LogP contribution in [0.15, 0.2) is 41.9 Å². The van der Waals surface area contributed by atoms with Crippen LogP contribution in [0.2, 0.25) is 0 Å². The average molecular weight is 315 g/mol. The van der Waals surface area contributed by atoms with Gasteiger partial charge in [0.2, 0.25) is 5.13 Å². The van der Waals surface area contributed by atoms with Crippen molar-refractivity contribution in [3.8, 4) is 0 Å². The van der Waals surface area contributed by atoms with Crippen LogP contribution in [0.25, 0.3) is 0 Å². The molecule has 0 atom stereocenters. The number of para-hydroxylation sites is 1. The van der Waals surface area contributed by atoms with Crippen molar-refractivity contribution in [3.63, 3.8) is 0 Å². The normalized spacial score (nSPS) is 11.1. The Labute approximate surface area is 128 Å². The van der Waals surface area contributed by atoms with Crippen LogP contribution in [0.4, 0.5) is 10.8 Å². The Morgan fingerprint density at radius 3 is 3.00 bits per heavy atom. The molecule has 0 spiro atoms. The van der Waals surface area contributed by atoms with Crippen LogP contribution >= 0.6 is 11.3 Å². The quantitative estimate of drug-likeness (QED) is 0.403. The van der Waals surface area contributed by atoms with Gasteiger partial charge >= 0.3 is 0 Å². The summed E-state index contributed by atoms with van der Waals surface area (Å²) in [5, 5.41) is 24.0. The summed E-state index contributed by atoms with van der Waals surface area (Å²) in [6.45, 7) is 0.457. The predicted octanol–water partition coefficient (Wildman–Crippen LogP) is 1.84.